The summed E-state index contributed by atoms with van der Waals surface area (Å²) in [5, 5.41) is 0. The highest BCUT2D eigenvalue weighted by molar-refractivity contribution is 5.99. The van der Waals surface area contributed by atoms with Gasteiger partial charge in [-0.05, 0) is 45.0 Å². The Morgan fingerprint density at radius 2 is 1.52 bits per heavy atom. The number of rotatable bonds is 3. The number of quaternary nitrogens is 1. The number of nitrogens with zero attached hydrogens (tertiary/aromatic N) is 2. The smallest absolute Gasteiger partial charge is 0.217 e. The first-order valence-corrected chi connectivity index (χ1v) is 10.3. The molecule has 3 nitrogen and oxygen atoms in total. The lowest BCUT2D eigenvalue weighted by atomic mass is 9.95. The zero-order valence-corrected chi connectivity index (χ0v) is 17.4. The lowest BCUT2D eigenvalue weighted by molar-refractivity contribution is 0.0919. The number of hydrogen-bond acceptors (Lipinski definition) is 2. The molecule has 0 aromatic heterocycles. The summed E-state index contributed by atoms with van der Waals surface area (Å²) in [5.41, 5.74) is 9.86. The van der Waals surface area contributed by atoms with Crippen LogP contribution in [0.1, 0.15) is 38.2 Å². The van der Waals surface area contributed by atoms with Crippen LogP contribution in [-0.4, -0.2) is 19.0 Å². The highest BCUT2D eigenvalue weighted by Gasteiger charge is 2.45. The highest BCUT2D eigenvalue weighted by Crippen LogP contribution is 2.43. The Kier molecular flexibility index (Phi) is 4.11. The van der Waals surface area contributed by atoms with Gasteiger partial charge in [0, 0.05) is 16.7 Å². The van der Waals surface area contributed by atoms with Crippen molar-refractivity contribution in [1.82, 2.24) is 4.48 Å². The van der Waals surface area contributed by atoms with E-state index in [0.717, 1.165) is 25.3 Å². The maximum Gasteiger partial charge on any atom is 0.217 e. The Labute approximate surface area is 172 Å². The first-order valence-electron chi connectivity index (χ1n) is 10.3. The van der Waals surface area contributed by atoms with Gasteiger partial charge in [-0.1, -0.05) is 53.1 Å². The van der Waals surface area contributed by atoms with Crippen LogP contribution in [0.2, 0.25) is 0 Å². The van der Waals surface area contributed by atoms with Gasteiger partial charge in [0.05, 0.1) is 12.2 Å². The minimum Gasteiger partial charge on any atom is -0.320 e. The Morgan fingerprint density at radius 3 is 2.28 bits per heavy atom. The van der Waals surface area contributed by atoms with Crippen molar-refractivity contribution >= 4 is 17.2 Å². The average molecular weight is 384 g/mol. The number of ketones is 1. The maximum absolute atomic E-state index is 13.3. The van der Waals surface area contributed by atoms with Crippen LogP contribution < -0.4 is 9.38 Å². The number of carbonyl (C=O) groups excluding carboxylic acids is 1. The highest BCUT2D eigenvalue weighted by atomic mass is 16.1. The molecule has 0 amide bonds. The van der Waals surface area contributed by atoms with Gasteiger partial charge in [0.1, 0.15) is 18.8 Å². The van der Waals surface area contributed by atoms with Crippen molar-refractivity contribution in [3.63, 3.8) is 0 Å². The Hall–Kier alpha value is -2.91. The van der Waals surface area contributed by atoms with Gasteiger partial charge in [0.2, 0.25) is 5.78 Å². The summed E-state index contributed by atoms with van der Waals surface area (Å²) in [4.78, 5) is 15.8. The van der Waals surface area contributed by atoms with Crippen LogP contribution in [0.4, 0.5) is 11.4 Å². The molecule has 0 saturated carbocycles. The molecule has 3 heteroatoms. The van der Waals surface area contributed by atoms with Crippen LogP contribution in [0.15, 0.2) is 60.7 Å². The normalized spacial score (nSPS) is 19.5. The Balaban J connectivity index is 1.61. The molecule has 146 valence electrons. The molecule has 0 spiro atoms. The third kappa shape index (κ3) is 3.06. The summed E-state index contributed by atoms with van der Waals surface area (Å²) in [5.74, 6) is 0.217. The predicted octanol–water partition coefficient (Wildman–Crippen LogP) is 5.29. The van der Waals surface area contributed by atoms with E-state index in [4.69, 9.17) is 0 Å². The van der Waals surface area contributed by atoms with E-state index in [9.17, 15) is 4.79 Å². The van der Waals surface area contributed by atoms with Gasteiger partial charge in [-0.3, -0.25) is 9.28 Å². The summed E-state index contributed by atoms with van der Waals surface area (Å²) in [6.45, 7) is 9.46. The fourth-order valence-corrected chi connectivity index (χ4v) is 5.03. The molecular weight excluding hydrogens is 356 g/mol. The second kappa shape index (κ2) is 6.57. The topological polar surface area (TPSA) is 20.3 Å². The first-order chi connectivity index (χ1) is 13.9. The minimum atomic E-state index is 0.217. The summed E-state index contributed by atoms with van der Waals surface area (Å²) in [6, 6.07) is 21.5. The molecule has 1 unspecified atom stereocenters. The summed E-state index contributed by atoms with van der Waals surface area (Å²) in [7, 11) is 0. The molecule has 0 radical (unpaired) electrons. The third-order valence-electron chi connectivity index (χ3n) is 6.42. The lowest BCUT2D eigenvalue weighted by Crippen LogP contribution is -2.62. The molecule has 2 aliphatic rings. The lowest BCUT2D eigenvalue weighted by Gasteiger charge is -2.50. The van der Waals surface area contributed by atoms with Crippen molar-refractivity contribution in [1.29, 1.82) is 0 Å². The molecule has 0 fully saturated rings. The first kappa shape index (κ1) is 18.1. The van der Waals surface area contributed by atoms with E-state index in [0.29, 0.717) is 11.0 Å². The van der Waals surface area contributed by atoms with Crippen LogP contribution >= 0.6 is 0 Å². The number of benzene rings is 3. The van der Waals surface area contributed by atoms with Crippen LogP contribution in [-0.2, 0) is 13.1 Å². The number of Topliss-reactive ketones (excluding diaryl/α,β-unsaturated/α-hetero) is 1. The van der Waals surface area contributed by atoms with Gasteiger partial charge in [0.15, 0.2) is 6.67 Å². The van der Waals surface area contributed by atoms with Gasteiger partial charge in [-0.15, -0.1) is 0 Å². The van der Waals surface area contributed by atoms with Crippen molar-refractivity contribution in [2.75, 3.05) is 18.1 Å². The molecule has 2 heterocycles. The molecule has 3 aromatic carbocycles. The molecule has 3 aromatic rings. The number of fused-ring (bicyclic) bond motifs is 6. The standard InChI is InChI=1S/C26H27N2O/c1-18-4-8-21(9-5-18)26(29)16-28-15-23-13-19(2)6-10-24(23)27(17-28)14-22-12-20(3)7-11-25(22)28/h4-13H,14-17H2,1-3H3/q+1. The molecule has 29 heavy (non-hydrogen) atoms. The van der Waals surface area contributed by atoms with Crippen LogP contribution in [0, 0.1) is 20.8 Å². The summed E-state index contributed by atoms with van der Waals surface area (Å²) in [6.07, 6.45) is 0. The van der Waals surface area contributed by atoms with Crippen molar-refractivity contribution in [3.05, 3.63) is 94.0 Å². The average Bonchev–Trinajstić information content (AvgIpc) is 2.67. The van der Waals surface area contributed by atoms with Gasteiger partial charge in [0.25, 0.3) is 0 Å². The van der Waals surface area contributed by atoms with E-state index in [2.05, 4.69) is 62.1 Å². The molecule has 0 aliphatic carbocycles. The fourth-order valence-electron chi connectivity index (χ4n) is 5.03. The van der Waals surface area contributed by atoms with Gasteiger partial charge in [-0.2, -0.15) is 0 Å². The van der Waals surface area contributed by atoms with Crippen LogP contribution in [0.3, 0.4) is 0 Å². The Morgan fingerprint density at radius 1 is 0.862 bits per heavy atom. The van der Waals surface area contributed by atoms with E-state index in [1.54, 1.807) is 0 Å². The SMILES string of the molecule is Cc1ccc(C(=O)C[N+]23Cc4cc(C)ccc4N(Cc4cc(C)ccc42)C3)cc1. The van der Waals surface area contributed by atoms with Gasteiger partial charge >= 0.3 is 0 Å². The number of anilines is 1. The number of hydrogen-bond donors (Lipinski definition) is 0. The molecule has 2 bridgehead atoms. The molecule has 5 rings (SSSR count). The summed E-state index contributed by atoms with van der Waals surface area (Å²) < 4.78 is 0.679. The predicted molar refractivity (Wildman–Crippen MR) is 119 cm³/mol. The van der Waals surface area contributed by atoms with E-state index < -0.39 is 0 Å². The monoisotopic (exact) mass is 383 g/mol. The van der Waals surface area contributed by atoms with Crippen molar-refractivity contribution in [2.24, 2.45) is 0 Å². The second-order valence-corrected chi connectivity index (χ2v) is 8.85. The number of carbonyl (C=O) groups is 1. The molecule has 1 atom stereocenters. The fraction of sp³-hybridized carbons (Fsp3) is 0.269. The maximum atomic E-state index is 13.3. The minimum absolute atomic E-state index is 0.217. The quantitative estimate of drug-likeness (QED) is 0.452. The molecular formula is C26H27N2O+. The zero-order chi connectivity index (χ0) is 20.2. The van der Waals surface area contributed by atoms with E-state index in [-0.39, 0.29) is 5.78 Å². The zero-order valence-electron chi connectivity index (χ0n) is 17.4. The van der Waals surface area contributed by atoms with Crippen molar-refractivity contribution < 1.29 is 4.79 Å². The van der Waals surface area contributed by atoms with Crippen molar-refractivity contribution in [2.45, 2.75) is 33.9 Å². The van der Waals surface area contributed by atoms with Crippen LogP contribution in [0.5, 0.6) is 0 Å². The largest absolute Gasteiger partial charge is 0.320 e. The van der Waals surface area contributed by atoms with E-state index in [1.165, 1.54) is 39.2 Å². The van der Waals surface area contributed by atoms with Crippen molar-refractivity contribution in [3.8, 4) is 0 Å². The van der Waals surface area contributed by atoms with Gasteiger partial charge in [-0.25, -0.2) is 0 Å². The van der Waals surface area contributed by atoms with E-state index >= 15 is 0 Å². The third-order valence-corrected chi connectivity index (χ3v) is 6.42. The molecule has 0 N–H and O–H groups in total. The van der Waals surface area contributed by atoms with Gasteiger partial charge < -0.3 is 4.90 Å². The Bertz CT molecular complexity index is 1120. The van der Waals surface area contributed by atoms with E-state index in [1.807, 2.05) is 24.3 Å². The second-order valence-electron chi connectivity index (χ2n) is 8.85. The summed E-state index contributed by atoms with van der Waals surface area (Å²) >= 11 is 0. The molecule has 0 saturated heterocycles. The van der Waals surface area contributed by atoms with Crippen LogP contribution in [0.25, 0.3) is 0 Å². The molecule has 2 aliphatic heterocycles. The number of aryl methyl sites for hydroxylation is 3.